The Balaban J connectivity index is 1.50. The van der Waals surface area contributed by atoms with E-state index in [1.54, 1.807) is 30.6 Å². The maximum atomic E-state index is 12.5. The molecule has 10 heteroatoms. The Morgan fingerprint density at radius 1 is 1.23 bits per heavy atom. The van der Waals surface area contributed by atoms with Crippen LogP contribution in [0.15, 0.2) is 47.3 Å². The molecule has 9 nitrogen and oxygen atoms in total. The molecule has 0 aliphatic carbocycles. The number of benzene rings is 1. The van der Waals surface area contributed by atoms with E-state index in [1.165, 1.54) is 16.8 Å². The molecule has 3 aromatic heterocycles. The van der Waals surface area contributed by atoms with Crippen LogP contribution in [0.3, 0.4) is 0 Å². The molecule has 3 heterocycles. The monoisotopic (exact) mass is 442 g/mol. The van der Waals surface area contributed by atoms with E-state index in [-0.39, 0.29) is 31.2 Å². The van der Waals surface area contributed by atoms with E-state index in [4.69, 9.17) is 25.9 Å². The summed E-state index contributed by atoms with van der Waals surface area (Å²) in [6.45, 7) is 0.322. The van der Waals surface area contributed by atoms with Gasteiger partial charge in [0.15, 0.2) is 5.65 Å². The first-order valence-corrected chi connectivity index (χ1v) is 10.0. The summed E-state index contributed by atoms with van der Waals surface area (Å²) < 4.78 is 12.6. The van der Waals surface area contributed by atoms with E-state index in [0.717, 1.165) is 0 Å². The number of esters is 1. The lowest BCUT2D eigenvalue weighted by Gasteiger charge is -2.05. The summed E-state index contributed by atoms with van der Waals surface area (Å²) in [4.78, 5) is 29.2. The lowest BCUT2D eigenvalue weighted by molar-refractivity contribution is 0.0493. The maximum Gasteiger partial charge on any atom is 0.342 e. The highest BCUT2D eigenvalue weighted by Crippen LogP contribution is 2.28. The largest absolute Gasteiger partial charge is 0.462 e. The van der Waals surface area contributed by atoms with Gasteiger partial charge in [-0.05, 0) is 37.1 Å². The van der Waals surface area contributed by atoms with Crippen molar-refractivity contribution in [2.45, 2.75) is 19.4 Å². The number of aliphatic hydroxyl groups is 1. The van der Waals surface area contributed by atoms with Crippen LogP contribution in [0.25, 0.3) is 16.6 Å². The molecule has 0 saturated heterocycles. The normalized spacial score (nSPS) is 11.2. The summed E-state index contributed by atoms with van der Waals surface area (Å²) >= 11 is 6.14. The van der Waals surface area contributed by atoms with Crippen molar-refractivity contribution in [1.29, 1.82) is 0 Å². The van der Waals surface area contributed by atoms with Gasteiger partial charge < -0.3 is 19.6 Å². The van der Waals surface area contributed by atoms with Gasteiger partial charge in [-0.1, -0.05) is 11.6 Å². The first-order chi connectivity index (χ1) is 15.1. The van der Waals surface area contributed by atoms with E-state index < -0.39 is 5.97 Å². The van der Waals surface area contributed by atoms with Gasteiger partial charge in [0.1, 0.15) is 22.5 Å². The fourth-order valence-electron chi connectivity index (χ4n) is 3.12. The Morgan fingerprint density at radius 3 is 2.94 bits per heavy atom. The third-order valence-corrected chi connectivity index (χ3v) is 4.80. The van der Waals surface area contributed by atoms with Crippen LogP contribution in [0, 0.1) is 0 Å². The standard InChI is InChI=1S/C21H19ClN4O5/c22-14-8-13-9-15(31-18(13)16(10-14)21(29)30-7-2-1-6-27)11-24-20(28)17-12-25-26-5-3-4-23-19(17)26/h3-5,8-10,12,27H,1-2,6-7,11H2,(H,24,28). The van der Waals surface area contributed by atoms with E-state index in [2.05, 4.69) is 15.4 Å². The van der Waals surface area contributed by atoms with Crippen LogP contribution in [-0.2, 0) is 11.3 Å². The van der Waals surface area contributed by atoms with Crippen molar-refractivity contribution in [3.63, 3.8) is 0 Å². The van der Waals surface area contributed by atoms with Gasteiger partial charge in [-0.25, -0.2) is 14.3 Å². The van der Waals surface area contributed by atoms with Gasteiger partial charge in [0, 0.05) is 29.4 Å². The molecule has 1 aromatic carbocycles. The van der Waals surface area contributed by atoms with Crippen molar-refractivity contribution >= 4 is 40.1 Å². The van der Waals surface area contributed by atoms with Crippen LogP contribution in [0.4, 0.5) is 0 Å². The number of unbranched alkanes of at least 4 members (excludes halogenated alkanes) is 1. The van der Waals surface area contributed by atoms with Gasteiger partial charge >= 0.3 is 5.97 Å². The summed E-state index contributed by atoms with van der Waals surface area (Å²) in [5.74, 6) is -0.465. The van der Waals surface area contributed by atoms with Gasteiger partial charge in [-0.3, -0.25) is 4.79 Å². The van der Waals surface area contributed by atoms with Crippen LogP contribution in [0.2, 0.25) is 5.02 Å². The number of fused-ring (bicyclic) bond motifs is 2. The van der Waals surface area contributed by atoms with E-state index in [9.17, 15) is 9.59 Å². The van der Waals surface area contributed by atoms with Crippen molar-refractivity contribution in [2.75, 3.05) is 13.2 Å². The van der Waals surface area contributed by atoms with E-state index in [1.807, 2.05) is 0 Å². The minimum absolute atomic E-state index is 0.0392. The number of aromatic nitrogens is 3. The van der Waals surface area contributed by atoms with Gasteiger partial charge in [0.2, 0.25) is 0 Å². The average Bonchev–Trinajstić information content (AvgIpc) is 3.38. The Labute approximate surface area is 181 Å². The molecule has 0 bridgehead atoms. The van der Waals surface area contributed by atoms with Crippen LogP contribution >= 0.6 is 11.6 Å². The molecule has 0 unspecified atom stereocenters. The van der Waals surface area contributed by atoms with E-state index in [0.29, 0.717) is 45.8 Å². The number of aliphatic hydroxyl groups excluding tert-OH is 1. The number of nitrogens with zero attached hydrogens (tertiary/aromatic N) is 3. The highest BCUT2D eigenvalue weighted by atomic mass is 35.5. The molecule has 0 aliphatic rings. The lowest BCUT2D eigenvalue weighted by atomic mass is 10.1. The van der Waals surface area contributed by atoms with Gasteiger partial charge in [0.25, 0.3) is 5.91 Å². The minimum atomic E-state index is -0.562. The number of nitrogens with one attached hydrogen (secondary N) is 1. The van der Waals surface area contributed by atoms with Crippen molar-refractivity contribution in [1.82, 2.24) is 19.9 Å². The fraction of sp³-hybridized carbons (Fsp3) is 0.238. The summed E-state index contributed by atoms with van der Waals surface area (Å²) in [5.41, 5.74) is 1.32. The Hall–Kier alpha value is -3.43. The molecule has 0 saturated carbocycles. The van der Waals surface area contributed by atoms with Crippen molar-refractivity contribution in [2.24, 2.45) is 0 Å². The molecule has 1 amide bonds. The number of hydrogen-bond acceptors (Lipinski definition) is 7. The van der Waals surface area contributed by atoms with Crippen LogP contribution in [0.1, 0.15) is 39.3 Å². The molecular formula is C21H19ClN4O5. The highest BCUT2D eigenvalue weighted by Gasteiger charge is 2.19. The predicted molar refractivity (Wildman–Crippen MR) is 112 cm³/mol. The molecule has 0 spiro atoms. The molecule has 0 radical (unpaired) electrons. The highest BCUT2D eigenvalue weighted by molar-refractivity contribution is 6.32. The van der Waals surface area contributed by atoms with Crippen LogP contribution in [0.5, 0.6) is 0 Å². The number of ether oxygens (including phenoxy) is 1. The molecule has 4 aromatic rings. The minimum Gasteiger partial charge on any atom is -0.462 e. The number of furan rings is 1. The second-order valence-electron chi connectivity index (χ2n) is 6.78. The van der Waals surface area contributed by atoms with Crippen LogP contribution in [-0.4, -0.2) is 44.8 Å². The Morgan fingerprint density at radius 2 is 2.10 bits per heavy atom. The zero-order valence-corrected chi connectivity index (χ0v) is 17.1. The van der Waals surface area contributed by atoms with Gasteiger partial charge in [-0.2, -0.15) is 5.10 Å². The number of halogens is 1. The van der Waals surface area contributed by atoms with Crippen molar-refractivity contribution in [3.05, 3.63) is 64.8 Å². The Bertz CT molecular complexity index is 1250. The number of hydrogen-bond donors (Lipinski definition) is 2. The summed E-state index contributed by atoms with van der Waals surface area (Å²) in [6.07, 6.45) is 5.83. The number of carbonyl (C=O) groups excluding carboxylic acids is 2. The first kappa shape index (κ1) is 20.8. The topological polar surface area (TPSA) is 119 Å². The van der Waals surface area contributed by atoms with E-state index >= 15 is 0 Å². The molecular weight excluding hydrogens is 424 g/mol. The number of rotatable bonds is 8. The zero-order chi connectivity index (χ0) is 21.8. The second kappa shape index (κ2) is 9.15. The summed E-state index contributed by atoms with van der Waals surface area (Å²) in [6, 6.07) is 6.58. The van der Waals surface area contributed by atoms with Gasteiger partial charge in [-0.15, -0.1) is 0 Å². The first-order valence-electron chi connectivity index (χ1n) is 9.63. The molecule has 4 rings (SSSR count). The molecule has 0 fully saturated rings. The second-order valence-corrected chi connectivity index (χ2v) is 7.22. The molecule has 2 N–H and O–H groups in total. The van der Waals surface area contributed by atoms with Crippen molar-refractivity contribution in [3.8, 4) is 0 Å². The number of amides is 1. The Kier molecular flexibility index (Phi) is 6.15. The quantitative estimate of drug-likeness (QED) is 0.318. The molecule has 31 heavy (non-hydrogen) atoms. The lowest BCUT2D eigenvalue weighted by Crippen LogP contribution is -2.22. The van der Waals surface area contributed by atoms with Crippen LogP contribution < -0.4 is 5.32 Å². The third-order valence-electron chi connectivity index (χ3n) is 4.58. The zero-order valence-electron chi connectivity index (χ0n) is 16.4. The predicted octanol–water partition coefficient (Wildman–Crippen LogP) is 2.99. The smallest absolute Gasteiger partial charge is 0.342 e. The maximum absolute atomic E-state index is 12.5. The molecule has 0 aliphatic heterocycles. The molecule has 160 valence electrons. The average molecular weight is 443 g/mol. The summed E-state index contributed by atoms with van der Waals surface area (Å²) in [5, 5.41) is 16.7. The van der Waals surface area contributed by atoms with Crippen molar-refractivity contribution < 1.29 is 23.8 Å². The summed E-state index contributed by atoms with van der Waals surface area (Å²) in [7, 11) is 0. The molecule has 0 atom stereocenters. The SMILES string of the molecule is O=C(OCCCCO)c1cc(Cl)cc2cc(CNC(=O)c3cnn4cccnc34)oc12. The van der Waals surface area contributed by atoms with Gasteiger partial charge in [0.05, 0.1) is 19.3 Å². The third kappa shape index (κ3) is 4.52. The fourth-order valence-corrected chi connectivity index (χ4v) is 3.34. The number of carbonyl (C=O) groups is 2.